The van der Waals surface area contributed by atoms with Crippen LogP contribution in [0.3, 0.4) is 0 Å². The van der Waals surface area contributed by atoms with Crippen LogP contribution in [-0.4, -0.2) is 20.3 Å². The lowest BCUT2D eigenvalue weighted by Gasteiger charge is -1.98. The molecule has 0 aliphatic rings. The molecule has 0 fully saturated rings. The Labute approximate surface area is 128 Å². The van der Waals surface area contributed by atoms with Gasteiger partial charge < -0.3 is 8.94 Å². The van der Waals surface area contributed by atoms with Crippen molar-refractivity contribution in [3.8, 4) is 11.5 Å². The van der Waals surface area contributed by atoms with E-state index in [0.717, 1.165) is 10.0 Å². The molecule has 2 aromatic heterocycles. The van der Waals surface area contributed by atoms with Gasteiger partial charge in [-0.1, -0.05) is 17.3 Å². The van der Waals surface area contributed by atoms with Gasteiger partial charge in [-0.15, -0.1) is 10.2 Å². The van der Waals surface area contributed by atoms with Crippen LogP contribution in [-0.2, 0) is 13.1 Å². The van der Waals surface area contributed by atoms with Crippen molar-refractivity contribution < 1.29 is 8.94 Å². The van der Waals surface area contributed by atoms with E-state index in [0.29, 0.717) is 36.6 Å². The van der Waals surface area contributed by atoms with Gasteiger partial charge in [0, 0.05) is 4.47 Å². The van der Waals surface area contributed by atoms with Crippen LogP contribution < -0.4 is 5.32 Å². The molecule has 0 atom stereocenters. The minimum absolute atomic E-state index is 0.429. The van der Waals surface area contributed by atoms with Crippen molar-refractivity contribution in [3.63, 3.8) is 0 Å². The fourth-order valence-electron chi connectivity index (χ4n) is 1.76. The first-order chi connectivity index (χ1) is 10.2. The van der Waals surface area contributed by atoms with Crippen molar-refractivity contribution in [1.29, 1.82) is 0 Å². The number of nitrogens with one attached hydrogen (secondary N) is 1. The normalized spacial score (nSPS) is 11.0. The lowest BCUT2D eigenvalue weighted by molar-refractivity contribution is 0.359. The first kappa shape index (κ1) is 13.9. The number of hydrogen-bond acceptors (Lipinski definition) is 7. The molecule has 1 aromatic carbocycles. The largest absolute Gasteiger partial charge is 0.419 e. The van der Waals surface area contributed by atoms with Gasteiger partial charge >= 0.3 is 0 Å². The van der Waals surface area contributed by atoms with E-state index in [-0.39, 0.29) is 0 Å². The summed E-state index contributed by atoms with van der Waals surface area (Å²) in [6.45, 7) is 2.65. The van der Waals surface area contributed by atoms with Gasteiger partial charge in [-0.3, -0.25) is 5.32 Å². The van der Waals surface area contributed by atoms with Crippen molar-refractivity contribution >= 4 is 15.9 Å². The van der Waals surface area contributed by atoms with Gasteiger partial charge in [-0.2, -0.15) is 4.98 Å². The van der Waals surface area contributed by atoms with Crippen molar-refractivity contribution in [3.05, 3.63) is 46.3 Å². The monoisotopic (exact) mass is 349 g/mol. The molecule has 0 aliphatic heterocycles. The molecule has 0 unspecified atom stereocenters. The van der Waals surface area contributed by atoms with E-state index in [4.69, 9.17) is 8.94 Å². The third kappa shape index (κ3) is 3.34. The average molecular weight is 350 g/mol. The zero-order chi connectivity index (χ0) is 14.7. The van der Waals surface area contributed by atoms with Crippen molar-refractivity contribution in [2.75, 3.05) is 0 Å². The summed E-state index contributed by atoms with van der Waals surface area (Å²) in [5, 5.41) is 14.9. The number of hydrogen-bond donors (Lipinski definition) is 1. The van der Waals surface area contributed by atoms with Crippen LogP contribution in [0.2, 0.25) is 0 Å². The van der Waals surface area contributed by atoms with Gasteiger partial charge in [0.05, 0.1) is 18.7 Å². The molecule has 0 radical (unpaired) electrons. The molecule has 0 bridgehead atoms. The number of nitrogens with zero attached hydrogens (tertiary/aromatic N) is 4. The van der Waals surface area contributed by atoms with Crippen molar-refractivity contribution in [2.45, 2.75) is 20.0 Å². The molecule has 0 amide bonds. The second-order valence-electron chi connectivity index (χ2n) is 4.32. The van der Waals surface area contributed by atoms with Crippen molar-refractivity contribution in [2.24, 2.45) is 0 Å². The van der Waals surface area contributed by atoms with Gasteiger partial charge in [0.1, 0.15) is 0 Å². The van der Waals surface area contributed by atoms with E-state index in [1.165, 1.54) is 0 Å². The summed E-state index contributed by atoms with van der Waals surface area (Å²) in [6.07, 6.45) is 0. The maximum Gasteiger partial charge on any atom is 0.248 e. The number of halogens is 1. The first-order valence-corrected chi connectivity index (χ1v) is 7.09. The molecule has 0 spiro atoms. The third-order valence-electron chi connectivity index (χ3n) is 2.69. The molecule has 7 nitrogen and oxygen atoms in total. The van der Waals surface area contributed by atoms with E-state index in [9.17, 15) is 0 Å². The number of benzene rings is 1. The molecule has 1 N–H and O–H groups in total. The molecule has 0 aliphatic carbocycles. The summed E-state index contributed by atoms with van der Waals surface area (Å²) in [6, 6.07) is 7.68. The lowest BCUT2D eigenvalue weighted by atomic mass is 10.2. The van der Waals surface area contributed by atoms with Gasteiger partial charge in [-0.25, -0.2) is 0 Å². The highest BCUT2D eigenvalue weighted by Crippen LogP contribution is 2.26. The predicted molar refractivity (Wildman–Crippen MR) is 77.0 cm³/mol. The molecule has 2 heterocycles. The van der Waals surface area contributed by atoms with Crippen LogP contribution in [0.25, 0.3) is 11.5 Å². The Morgan fingerprint density at radius 2 is 1.95 bits per heavy atom. The Bertz CT molecular complexity index is 740. The van der Waals surface area contributed by atoms with E-state index in [1.54, 1.807) is 6.92 Å². The summed E-state index contributed by atoms with van der Waals surface area (Å²) >= 11 is 3.46. The average Bonchev–Trinajstić information content (AvgIpc) is 3.09. The zero-order valence-corrected chi connectivity index (χ0v) is 12.8. The van der Waals surface area contributed by atoms with Gasteiger partial charge in [0.25, 0.3) is 0 Å². The van der Waals surface area contributed by atoms with Crippen LogP contribution in [0.15, 0.2) is 37.7 Å². The quantitative estimate of drug-likeness (QED) is 0.756. The predicted octanol–water partition coefficient (Wildman–Crippen LogP) is 2.48. The van der Waals surface area contributed by atoms with Crippen LogP contribution in [0.4, 0.5) is 0 Å². The molecule has 3 aromatic rings. The summed E-state index contributed by atoms with van der Waals surface area (Å²) in [5.74, 6) is 2.11. The smallest absolute Gasteiger partial charge is 0.248 e. The first-order valence-electron chi connectivity index (χ1n) is 6.29. The minimum Gasteiger partial charge on any atom is -0.419 e. The van der Waals surface area contributed by atoms with E-state index in [1.807, 2.05) is 24.3 Å². The van der Waals surface area contributed by atoms with Crippen LogP contribution in [0, 0.1) is 6.92 Å². The van der Waals surface area contributed by atoms with E-state index in [2.05, 4.69) is 41.6 Å². The molecule has 0 saturated carbocycles. The van der Waals surface area contributed by atoms with Gasteiger partial charge in [-0.05, 0) is 35.0 Å². The van der Waals surface area contributed by atoms with Crippen LogP contribution >= 0.6 is 15.9 Å². The zero-order valence-electron chi connectivity index (χ0n) is 11.2. The summed E-state index contributed by atoms with van der Waals surface area (Å²) in [7, 11) is 0. The fourth-order valence-corrected chi connectivity index (χ4v) is 2.21. The van der Waals surface area contributed by atoms with Crippen LogP contribution in [0.5, 0.6) is 0 Å². The Morgan fingerprint density at radius 1 is 1.14 bits per heavy atom. The standard InChI is InChI=1S/C13H12BrN5O2/c1-8-16-11(21-19-8)6-15-7-12-17-18-13(20-12)9-4-2-3-5-10(9)14/h2-5,15H,6-7H2,1H3. The Kier molecular flexibility index (Phi) is 4.07. The second-order valence-corrected chi connectivity index (χ2v) is 5.17. The number of aromatic nitrogens is 4. The molecular weight excluding hydrogens is 338 g/mol. The third-order valence-corrected chi connectivity index (χ3v) is 3.38. The molecule has 21 heavy (non-hydrogen) atoms. The topological polar surface area (TPSA) is 89.9 Å². The highest BCUT2D eigenvalue weighted by atomic mass is 79.9. The van der Waals surface area contributed by atoms with Crippen LogP contribution in [0.1, 0.15) is 17.6 Å². The van der Waals surface area contributed by atoms with E-state index < -0.39 is 0 Å². The molecule has 8 heteroatoms. The number of aryl methyl sites for hydroxylation is 1. The van der Waals surface area contributed by atoms with Gasteiger partial charge in [0.2, 0.25) is 17.7 Å². The summed E-state index contributed by atoms with van der Waals surface area (Å²) < 4.78 is 11.5. The molecule has 3 rings (SSSR count). The summed E-state index contributed by atoms with van der Waals surface area (Å²) in [5.41, 5.74) is 0.865. The fraction of sp³-hybridized carbons (Fsp3) is 0.231. The van der Waals surface area contributed by atoms with Gasteiger partial charge in [0.15, 0.2) is 5.82 Å². The maximum absolute atomic E-state index is 5.61. The molecular formula is C13H12BrN5O2. The maximum atomic E-state index is 5.61. The van der Waals surface area contributed by atoms with E-state index >= 15 is 0 Å². The molecule has 0 saturated heterocycles. The second kappa shape index (κ2) is 6.15. The van der Waals surface area contributed by atoms with Crippen molar-refractivity contribution in [1.82, 2.24) is 25.7 Å². The lowest BCUT2D eigenvalue weighted by Crippen LogP contribution is -2.13. The SMILES string of the molecule is Cc1noc(CNCc2nnc(-c3ccccc3Br)o2)n1. The highest BCUT2D eigenvalue weighted by Gasteiger charge is 2.11. The highest BCUT2D eigenvalue weighted by molar-refractivity contribution is 9.10. The Balaban J connectivity index is 1.62. The summed E-state index contributed by atoms with van der Waals surface area (Å²) in [4.78, 5) is 4.09. The number of rotatable bonds is 5. The molecule has 108 valence electrons. The minimum atomic E-state index is 0.429. The Morgan fingerprint density at radius 3 is 2.71 bits per heavy atom. The Hall–Kier alpha value is -2.06.